The Kier molecular flexibility index (Phi) is 8.84. The Balaban J connectivity index is 0.000000500. The normalized spacial score (nSPS) is 17.5. The van der Waals surface area contributed by atoms with E-state index in [9.17, 15) is 4.79 Å². The SMILES string of the molecule is CCOC(=O)C1CC[N+](=c2cc(-c3ccc(Cl)cc3)ss2)CC1.[O-][Cl+](O)(O)O. The molecule has 3 rings (SSSR count). The molecule has 7 nitrogen and oxygen atoms in total. The van der Waals surface area contributed by atoms with Gasteiger partial charge in [0.25, 0.3) is 4.67 Å². The van der Waals surface area contributed by atoms with Crippen LogP contribution in [0.4, 0.5) is 0 Å². The molecule has 0 amide bonds. The van der Waals surface area contributed by atoms with Crippen LogP contribution >= 0.6 is 32.3 Å². The fourth-order valence-corrected chi connectivity index (χ4v) is 5.37. The number of halogens is 2. The summed E-state index contributed by atoms with van der Waals surface area (Å²) in [5, 5.41) is 0.759. The maximum absolute atomic E-state index is 11.8. The molecule has 1 aliphatic rings. The van der Waals surface area contributed by atoms with Gasteiger partial charge in [0, 0.05) is 23.9 Å². The first-order chi connectivity index (χ1) is 13.2. The van der Waals surface area contributed by atoms with Gasteiger partial charge in [0.15, 0.2) is 0 Å². The quantitative estimate of drug-likeness (QED) is 0.350. The van der Waals surface area contributed by atoms with Crippen LogP contribution in [-0.4, -0.2) is 39.6 Å². The predicted octanol–water partition coefficient (Wildman–Crippen LogP) is 1.02. The number of carbonyl (C=O) groups is 1. The Morgan fingerprint density at radius 1 is 1.25 bits per heavy atom. The molecule has 156 valence electrons. The Hall–Kier alpha value is -1.04. The van der Waals surface area contributed by atoms with E-state index in [1.54, 1.807) is 20.7 Å². The van der Waals surface area contributed by atoms with Crippen LogP contribution in [0.3, 0.4) is 0 Å². The monoisotopic (exact) mass is 470 g/mol. The second-order valence-electron chi connectivity index (χ2n) is 5.97. The molecule has 0 atom stereocenters. The molecule has 11 heteroatoms. The van der Waals surface area contributed by atoms with Gasteiger partial charge >= 0.3 is 34.8 Å². The van der Waals surface area contributed by atoms with E-state index in [4.69, 9.17) is 35.0 Å². The molecule has 1 saturated heterocycles. The molecule has 0 bridgehead atoms. The molecule has 1 aromatic carbocycles. The topological polar surface area (TPSA) is 113 Å². The second kappa shape index (κ2) is 10.7. The van der Waals surface area contributed by atoms with Crippen molar-refractivity contribution >= 4 is 38.3 Å². The van der Waals surface area contributed by atoms with E-state index in [-0.39, 0.29) is 11.9 Å². The first-order valence-electron chi connectivity index (χ1n) is 8.44. The molecule has 0 unspecified atom stereocenters. The van der Waals surface area contributed by atoms with Gasteiger partial charge in [-0.25, -0.2) is 4.58 Å². The van der Waals surface area contributed by atoms with E-state index >= 15 is 0 Å². The molecule has 3 N–H and O–H groups in total. The van der Waals surface area contributed by atoms with Crippen molar-refractivity contribution in [3.05, 3.63) is 40.0 Å². The first kappa shape index (κ1) is 23.2. The molecular formula is C17H22Cl2NO6S2+. The summed E-state index contributed by atoms with van der Waals surface area (Å²) in [6.07, 6.45) is 1.75. The maximum atomic E-state index is 11.8. The summed E-state index contributed by atoms with van der Waals surface area (Å²) in [4.78, 5) is 13.1. The number of carbonyl (C=O) groups excluding carboxylic acids is 1. The van der Waals surface area contributed by atoms with E-state index in [1.165, 1.54) is 15.1 Å². The van der Waals surface area contributed by atoms with Crippen LogP contribution in [-0.2, 0) is 9.53 Å². The molecule has 2 heterocycles. The molecule has 1 fully saturated rings. The van der Waals surface area contributed by atoms with Gasteiger partial charge in [-0.05, 0) is 35.0 Å². The van der Waals surface area contributed by atoms with Gasteiger partial charge in [-0.15, -0.1) is 0 Å². The average Bonchev–Trinajstić information content (AvgIpc) is 3.11. The number of esters is 1. The fourth-order valence-electron chi connectivity index (χ4n) is 2.73. The van der Waals surface area contributed by atoms with Crippen molar-refractivity contribution in [1.29, 1.82) is 0 Å². The van der Waals surface area contributed by atoms with Crippen molar-refractivity contribution in [1.82, 2.24) is 4.58 Å². The Labute approximate surface area is 176 Å². The number of piperidine rings is 1. The average molecular weight is 471 g/mol. The molecular weight excluding hydrogens is 449 g/mol. The van der Waals surface area contributed by atoms with Crippen molar-refractivity contribution in [2.45, 2.75) is 19.8 Å². The molecule has 0 aliphatic carbocycles. The van der Waals surface area contributed by atoms with Gasteiger partial charge in [-0.1, -0.05) is 34.1 Å². The summed E-state index contributed by atoms with van der Waals surface area (Å²) < 4.78 is 39.0. The predicted molar refractivity (Wildman–Crippen MR) is 104 cm³/mol. The zero-order chi connectivity index (χ0) is 20.7. The van der Waals surface area contributed by atoms with Gasteiger partial charge in [0.2, 0.25) is 0 Å². The van der Waals surface area contributed by atoms with Crippen LogP contribution < -0.4 is 13.9 Å². The summed E-state index contributed by atoms with van der Waals surface area (Å²) in [5.74, 6) is 0.0218. The van der Waals surface area contributed by atoms with E-state index in [0.717, 1.165) is 31.0 Å². The minimum absolute atomic E-state index is 0.0389. The zero-order valence-corrected chi connectivity index (χ0v) is 18.2. The van der Waals surface area contributed by atoms with Crippen molar-refractivity contribution in [2.75, 3.05) is 19.7 Å². The fraction of sp³-hybridized carbons (Fsp3) is 0.412. The molecule has 2 aromatic rings. The van der Waals surface area contributed by atoms with Crippen LogP contribution in [0.1, 0.15) is 19.8 Å². The molecule has 28 heavy (non-hydrogen) atoms. The Bertz CT molecular complexity index is 828. The van der Waals surface area contributed by atoms with E-state index in [1.807, 2.05) is 19.1 Å². The number of hydrogen-bond donors (Lipinski definition) is 3. The van der Waals surface area contributed by atoms with Gasteiger partial charge in [-0.2, -0.15) is 0 Å². The molecule has 1 aliphatic heterocycles. The van der Waals surface area contributed by atoms with Crippen LogP contribution in [0.5, 0.6) is 0 Å². The summed E-state index contributed by atoms with van der Waals surface area (Å²) in [7, 11) is -0.618. The van der Waals surface area contributed by atoms with Gasteiger partial charge < -0.3 is 4.74 Å². The summed E-state index contributed by atoms with van der Waals surface area (Å²) in [5.41, 5.74) is 1.20. The Morgan fingerprint density at radius 2 is 1.82 bits per heavy atom. The van der Waals surface area contributed by atoms with Crippen LogP contribution in [0, 0.1) is 16.2 Å². The molecule has 1 aromatic heterocycles. The first-order valence-corrected chi connectivity index (χ1v) is 12.3. The third kappa shape index (κ3) is 7.76. The molecule has 0 spiro atoms. The number of ether oxygens (including phenoxy) is 1. The van der Waals surface area contributed by atoms with Crippen molar-refractivity contribution < 1.29 is 38.4 Å². The van der Waals surface area contributed by atoms with Crippen molar-refractivity contribution in [3.63, 3.8) is 0 Å². The number of rotatable bonds is 3. The number of nitrogens with zero attached hydrogens (tertiary/aromatic N) is 1. The van der Waals surface area contributed by atoms with Crippen LogP contribution in [0.2, 0.25) is 5.02 Å². The summed E-state index contributed by atoms with van der Waals surface area (Å²) in [6, 6.07) is 10.2. The summed E-state index contributed by atoms with van der Waals surface area (Å²) >= 11 is 5.95. The van der Waals surface area contributed by atoms with Crippen molar-refractivity contribution in [2.24, 2.45) is 5.92 Å². The van der Waals surface area contributed by atoms with E-state index < -0.39 is 10.2 Å². The van der Waals surface area contributed by atoms with E-state index in [2.05, 4.69) is 22.8 Å². The van der Waals surface area contributed by atoms with Crippen LogP contribution in [0.15, 0.2) is 30.3 Å². The van der Waals surface area contributed by atoms with Crippen molar-refractivity contribution in [3.8, 4) is 10.4 Å². The minimum atomic E-state index is -4.19. The van der Waals surface area contributed by atoms with E-state index in [0.29, 0.717) is 6.61 Å². The van der Waals surface area contributed by atoms with Gasteiger partial charge in [-0.3, -0.25) is 4.79 Å². The second-order valence-corrected chi connectivity index (χ2v) is 9.46. The standard InChI is InChI=1S/C17H19ClNO2S2.ClH3O4/c1-2-21-17(20)13-7-9-19(10-8-13)16-11-15(22-23-16)12-3-5-14(18)6-4-12;2-1(3,4)5/h3-6,11,13H,2,7-10H2,1H3;2-4H/q+1;. The van der Waals surface area contributed by atoms with Crippen LogP contribution in [0.25, 0.3) is 10.4 Å². The molecule has 0 radical (unpaired) electrons. The third-order valence-corrected chi connectivity index (χ3v) is 6.74. The number of benzene rings is 1. The molecule has 0 saturated carbocycles. The van der Waals surface area contributed by atoms with Gasteiger partial charge in [0.05, 0.1) is 17.4 Å². The number of hydrogen-bond acceptors (Lipinski definition) is 8. The third-order valence-electron chi connectivity index (χ3n) is 4.03. The zero-order valence-electron chi connectivity index (χ0n) is 15.1. The van der Waals surface area contributed by atoms with Gasteiger partial charge in [0.1, 0.15) is 13.1 Å². The summed E-state index contributed by atoms with van der Waals surface area (Å²) in [6.45, 7) is 4.15. The Morgan fingerprint density at radius 3 is 2.36 bits per heavy atom.